The Morgan fingerprint density at radius 2 is 2.00 bits per heavy atom. The Balaban J connectivity index is 2.34. The Morgan fingerprint density at radius 1 is 1.28 bits per heavy atom. The molecule has 0 aliphatic carbocycles. The van der Waals surface area contributed by atoms with Crippen molar-refractivity contribution in [3.63, 3.8) is 0 Å². The van der Waals surface area contributed by atoms with Crippen LogP contribution in [0, 0.1) is 5.82 Å². The number of aromatic nitrogens is 1. The minimum Gasteiger partial charge on any atom is -0.477 e. The van der Waals surface area contributed by atoms with Crippen molar-refractivity contribution in [2.75, 3.05) is 5.32 Å². The molecule has 0 aliphatic heterocycles. The van der Waals surface area contributed by atoms with Crippen LogP contribution in [-0.4, -0.2) is 16.1 Å². The lowest BCUT2D eigenvalue weighted by Crippen LogP contribution is -2.03. The van der Waals surface area contributed by atoms with Gasteiger partial charge in [0.2, 0.25) is 0 Å². The number of nitrogens with zero attached hydrogens (tertiary/aromatic N) is 1. The molecule has 0 amide bonds. The van der Waals surface area contributed by atoms with Crippen LogP contribution in [-0.2, 0) is 0 Å². The van der Waals surface area contributed by atoms with Crippen LogP contribution in [0.5, 0.6) is 0 Å². The van der Waals surface area contributed by atoms with E-state index in [4.69, 9.17) is 16.7 Å². The zero-order valence-electron chi connectivity index (χ0n) is 9.02. The number of benzene rings is 1. The largest absolute Gasteiger partial charge is 0.477 e. The maximum absolute atomic E-state index is 13.5. The van der Waals surface area contributed by atoms with E-state index in [1.54, 1.807) is 0 Å². The Kier molecular flexibility index (Phi) is 3.43. The van der Waals surface area contributed by atoms with Crippen LogP contribution in [0.4, 0.5) is 15.9 Å². The van der Waals surface area contributed by atoms with Gasteiger partial charge in [0, 0.05) is 0 Å². The zero-order chi connectivity index (χ0) is 13.1. The van der Waals surface area contributed by atoms with E-state index in [9.17, 15) is 9.18 Å². The number of rotatable bonds is 3. The van der Waals surface area contributed by atoms with Gasteiger partial charge in [-0.3, -0.25) is 0 Å². The molecule has 0 saturated heterocycles. The molecule has 1 aromatic carbocycles. The number of carboxylic acids is 1. The standard InChI is InChI=1S/C12H8ClFN2O2/c13-7-3-1-4-8(14)11(7)16-10-6-2-5-9(15-10)12(17)18/h1-6H,(H,15,16)(H,17,18). The van der Waals surface area contributed by atoms with Gasteiger partial charge in [0.05, 0.1) is 10.7 Å². The summed E-state index contributed by atoms with van der Waals surface area (Å²) in [5, 5.41) is 11.6. The fraction of sp³-hybridized carbons (Fsp3) is 0. The summed E-state index contributed by atoms with van der Waals surface area (Å²) in [6.45, 7) is 0. The predicted octanol–water partition coefficient (Wildman–Crippen LogP) is 3.32. The summed E-state index contributed by atoms with van der Waals surface area (Å²) in [6.07, 6.45) is 0. The fourth-order valence-corrected chi connectivity index (χ4v) is 1.58. The van der Waals surface area contributed by atoms with Gasteiger partial charge in [-0.05, 0) is 24.3 Å². The Hall–Kier alpha value is -2.14. The van der Waals surface area contributed by atoms with E-state index in [0.29, 0.717) is 0 Å². The highest BCUT2D eigenvalue weighted by Gasteiger charge is 2.09. The molecule has 1 heterocycles. The molecule has 92 valence electrons. The molecule has 1 aromatic heterocycles. The fourth-order valence-electron chi connectivity index (χ4n) is 1.37. The van der Waals surface area contributed by atoms with Crippen molar-refractivity contribution >= 4 is 29.1 Å². The van der Waals surface area contributed by atoms with Crippen molar-refractivity contribution in [3.8, 4) is 0 Å². The third kappa shape index (κ3) is 2.57. The minimum atomic E-state index is -1.15. The second-order valence-electron chi connectivity index (χ2n) is 3.43. The highest BCUT2D eigenvalue weighted by molar-refractivity contribution is 6.33. The van der Waals surface area contributed by atoms with Gasteiger partial charge < -0.3 is 10.4 Å². The van der Waals surface area contributed by atoms with E-state index in [-0.39, 0.29) is 22.2 Å². The maximum atomic E-state index is 13.5. The number of pyridine rings is 1. The average Bonchev–Trinajstić information content (AvgIpc) is 2.34. The Bertz CT molecular complexity index is 584. The van der Waals surface area contributed by atoms with Gasteiger partial charge in [0.15, 0.2) is 5.69 Å². The third-order valence-corrected chi connectivity index (χ3v) is 2.50. The van der Waals surface area contributed by atoms with Crippen molar-refractivity contribution in [2.45, 2.75) is 0 Å². The molecule has 2 aromatic rings. The quantitative estimate of drug-likeness (QED) is 0.895. The normalized spacial score (nSPS) is 10.1. The number of anilines is 2. The van der Waals surface area contributed by atoms with E-state index < -0.39 is 11.8 Å². The molecule has 0 bridgehead atoms. The Morgan fingerprint density at radius 3 is 2.67 bits per heavy atom. The lowest BCUT2D eigenvalue weighted by atomic mass is 10.3. The molecule has 18 heavy (non-hydrogen) atoms. The molecular formula is C12H8ClFN2O2. The molecule has 0 saturated carbocycles. The summed E-state index contributed by atoms with van der Waals surface area (Å²) in [6, 6.07) is 8.62. The monoisotopic (exact) mass is 266 g/mol. The second-order valence-corrected chi connectivity index (χ2v) is 3.84. The number of hydrogen-bond acceptors (Lipinski definition) is 3. The summed E-state index contributed by atoms with van der Waals surface area (Å²) in [5.41, 5.74) is -0.0679. The zero-order valence-corrected chi connectivity index (χ0v) is 9.78. The van der Waals surface area contributed by atoms with Crippen LogP contribution in [0.1, 0.15) is 10.5 Å². The van der Waals surface area contributed by atoms with Crippen molar-refractivity contribution in [2.24, 2.45) is 0 Å². The molecule has 6 heteroatoms. The van der Waals surface area contributed by atoms with E-state index in [1.807, 2.05) is 0 Å². The van der Waals surface area contributed by atoms with Gasteiger partial charge in [-0.2, -0.15) is 0 Å². The van der Waals surface area contributed by atoms with E-state index in [0.717, 1.165) is 0 Å². The molecule has 4 nitrogen and oxygen atoms in total. The number of nitrogens with one attached hydrogen (secondary N) is 1. The first-order valence-corrected chi connectivity index (χ1v) is 5.37. The van der Waals surface area contributed by atoms with Crippen molar-refractivity contribution in [1.29, 1.82) is 0 Å². The number of hydrogen-bond donors (Lipinski definition) is 2. The van der Waals surface area contributed by atoms with Crippen LogP contribution in [0.2, 0.25) is 5.02 Å². The third-order valence-electron chi connectivity index (χ3n) is 2.18. The second kappa shape index (κ2) is 5.01. The summed E-state index contributed by atoms with van der Waals surface area (Å²) in [7, 11) is 0. The number of carbonyl (C=O) groups is 1. The average molecular weight is 267 g/mol. The molecule has 2 rings (SSSR count). The van der Waals surface area contributed by atoms with Crippen molar-refractivity contribution in [1.82, 2.24) is 4.98 Å². The molecule has 0 unspecified atom stereocenters. The summed E-state index contributed by atoms with van der Waals surface area (Å²) in [4.78, 5) is 14.6. The summed E-state index contributed by atoms with van der Waals surface area (Å²) < 4.78 is 13.5. The lowest BCUT2D eigenvalue weighted by Gasteiger charge is -2.08. The SMILES string of the molecule is O=C(O)c1cccc(Nc2c(F)cccc2Cl)n1. The van der Waals surface area contributed by atoms with Gasteiger partial charge >= 0.3 is 5.97 Å². The van der Waals surface area contributed by atoms with Gasteiger partial charge in [0.25, 0.3) is 0 Å². The lowest BCUT2D eigenvalue weighted by molar-refractivity contribution is 0.0690. The van der Waals surface area contributed by atoms with Crippen LogP contribution in [0.25, 0.3) is 0 Å². The van der Waals surface area contributed by atoms with E-state index >= 15 is 0 Å². The van der Waals surface area contributed by atoms with Gasteiger partial charge in [-0.25, -0.2) is 14.2 Å². The highest BCUT2D eigenvalue weighted by atomic mass is 35.5. The van der Waals surface area contributed by atoms with Crippen LogP contribution < -0.4 is 5.32 Å². The highest BCUT2D eigenvalue weighted by Crippen LogP contribution is 2.27. The maximum Gasteiger partial charge on any atom is 0.354 e. The Labute approximate surface area is 107 Å². The van der Waals surface area contributed by atoms with Crippen LogP contribution >= 0.6 is 11.6 Å². The minimum absolute atomic E-state index is 0.0641. The summed E-state index contributed by atoms with van der Waals surface area (Å²) in [5.74, 6) is -1.48. The van der Waals surface area contributed by atoms with Crippen LogP contribution in [0.3, 0.4) is 0 Å². The number of para-hydroxylation sites is 1. The van der Waals surface area contributed by atoms with Gasteiger partial charge in [0.1, 0.15) is 11.6 Å². The molecule has 2 N–H and O–H groups in total. The van der Waals surface area contributed by atoms with Gasteiger partial charge in [-0.1, -0.05) is 23.7 Å². The molecule has 0 atom stereocenters. The first kappa shape index (κ1) is 12.3. The van der Waals surface area contributed by atoms with Crippen molar-refractivity contribution < 1.29 is 14.3 Å². The number of halogens is 2. The van der Waals surface area contributed by atoms with Gasteiger partial charge in [-0.15, -0.1) is 0 Å². The molecular weight excluding hydrogens is 259 g/mol. The molecule has 0 spiro atoms. The van der Waals surface area contributed by atoms with Crippen molar-refractivity contribution in [3.05, 3.63) is 52.9 Å². The molecule has 0 radical (unpaired) electrons. The van der Waals surface area contributed by atoms with E-state index in [2.05, 4.69) is 10.3 Å². The smallest absolute Gasteiger partial charge is 0.354 e. The first-order chi connectivity index (χ1) is 8.58. The number of aromatic carboxylic acids is 1. The van der Waals surface area contributed by atoms with E-state index in [1.165, 1.54) is 36.4 Å². The number of carboxylic acid groups (broad SMARTS) is 1. The summed E-state index contributed by atoms with van der Waals surface area (Å²) >= 11 is 5.84. The predicted molar refractivity (Wildman–Crippen MR) is 65.9 cm³/mol. The molecule has 0 aliphatic rings. The first-order valence-electron chi connectivity index (χ1n) is 4.99. The topological polar surface area (TPSA) is 62.2 Å². The van der Waals surface area contributed by atoms with Crippen LogP contribution in [0.15, 0.2) is 36.4 Å². The molecule has 0 fully saturated rings.